The van der Waals surface area contributed by atoms with Crippen molar-refractivity contribution in [1.29, 1.82) is 0 Å². The average molecular weight is 345 g/mol. The summed E-state index contributed by atoms with van der Waals surface area (Å²) in [6.07, 6.45) is 0.278. The van der Waals surface area contributed by atoms with E-state index in [0.29, 0.717) is 5.56 Å². The maximum Gasteiger partial charge on any atom is 0.220 e. The standard InChI is InChI=1S/C20H24FNO3/c1-14(17-6-4-5-7-18(17)25-3)12-19(23)22-13-20(2,24)15-8-10-16(21)11-9-15/h4-11,14,24H,12-13H2,1-3H3,(H,22,23). The summed E-state index contributed by atoms with van der Waals surface area (Å²) in [7, 11) is 1.60. The Morgan fingerprint density at radius 1 is 1.24 bits per heavy atom. The van der Waals surface area contributed by atoms with Crippen LogP contribution in [0.3, 0.4) is 0 Å². The summed E-state index contributed by atoms with van der Waals surface area (Å²) >= 11 is 0. The van der Waals surface area contributed by atoms with Crippen LogP contribution in [0.2, 0.25) is 0 Å². The van der Waals surface area contributed by atoms with Gasteiger partial charge in [0.05, 0.1) is 13.7 Å². The lowest BCUT2D eigenvalue weighted by Crippen LogP contribution is -2.38. The first-order valence-electron chi connectivity index (χ1n) is 8.21. The fraction of sp³-hybridized carbons (Fsp3) is 0.350. The maximum absolute atomic E-state index is 13.0. The molecule has 0 bridgehead atoms. The predicted molar refractivity (Wildman–Crippen MR) is 95.0 cm³/mol. The molecule has 4 nitrogen and oxygen atoms in total. The molecule has 2 unspecified atom stereocenters. The molecule has 25 heavy (non-hydrogen) atoms. The first-order valence-corrected chi connectivity index (χ1v) is 8.21. The van der Waals surface area contributed by atoms with Crippen molar-refractivity contribution in [2.24, 2.45) is 0 Å². The smallest absolute Gasteiger partial charge is 0.220 e. The van der Waals surface area contributed by atoms with Crippen LogP contribution in [0.1, 0.15) is 37.3 Å². The molecule has 134 valence electrons. The van der Waals surface area contributed by atoms with E-state index in [4.69, 9.17) is 4.74 Å². The highest BCUT2D eigenvalue weighted by atomic mass is 19.1. The van der Waals surface area contributed by atoms with Gasteiger partial charge in [0.15, 0.2) is 0 Å². The van der Waals surface area contributed by atoms with Gasteiger partial charge in [-0.1, -0.05) is 37.3 Å². The highest BCUT2D eigenvalue weighted by Gasteiger charge is 2.24. The van der Waals surface area contributed by atoms with E-state index < -0.39 is 5.60 Å². The molecule has 0 saturated carbocycles. The third-order valence-electron chi connectivity index (χ3n) is 4.26. The molecule has 1 amide bonds. The maximum atomic E-state index is 13.0. The van der Waals surface area contributed by atoms with Gasteiger partial charge in [0.2, 0.25) is 5.91 Å². The van der Waals surface area contributed by atoms with Crippen LogP contribution in [0.4, 0.5) is 4.39 Å². The van der Waals surface area contributed by atoms with Crippen LogP contribution in [0.5, 0.6) is 5.75 Å². The number of nitrogens with one attached hydrogen (secondary N) is 1. The summed E-state index contributed by atoms with van der Waals surface area (Å²) < 4.78 is 18.3. The van der Waals surface area contributed by atoms with Crippen LogP contribution >= 0.6 is 0 Å². The van der Waals surface area contributed by atoms with Gasteiger partial charge < -0.3 is 15.2 Å². The first kappa shape index (κ1) is 18.9. The number of aliphatic hydroxyl groups is 1. The number of para-hydroxylation sites is 1. The van der Waals surface area contributed by atoms with E-state index in [2.05, 4.69) is 5.32 Å². The number of halogens is 1. The first-order chi connectivity index (χ1) is 11.8. The Bertz CT molecular complexity index is 713. The molecular weight excluding hydrogens is 321 g/mol. The molecular formula is C20H24FNO3. The van der Waals surface area contributed by atoms with Gasteiger partial charge in [-0.05, 0) is 42.2 Å². The van der Waals surface area contributed by atoms with Crippen LogP contribution in [-0.2, 0) is 10.4 Å². The molecule has 0 heterocycles. The van der Waals surface area contributed by atoms with Crippen LogP contribution in [0.25, 0.3) is 0 Å². The van der Waals surface area contributed by atoms with Gasteiger partial charge >= 0.3 is 0 Å². The lowest BCUT2D eigenvalue weighted by Gasteiger charge is -2.25. The molecule has 0 fully saturated rings. The minimum atomic E-state index is -1.27. The fourth-order valence-corrected chi connectivity index (χ4v) is 2.72. The molecule has 2 atom stereocenters. The summed E-state index contributed by atoms with van der Waals surface area (Å²) in [4.78, 5) is 12.2. The Labute approximate surface area is 147 Å². The zero-order valence-corrected chi connectivity index (χ0v) is 14.8. The van der Waals surface area contributed by atoms with E-state index in [1.165, 1.54) is 24.3 Å². The summed E-state index contributed by atoms with van der Waals surface area (Å²) in [5, 5.41) is 13.3. The Kier molecular flexibility index (Phi) is 6.15. The third-order valence-corrected chi connectivity index (χ3v) is 4.26. The molecule has 0 radical (unpaired) electrons. The fourth-order valence-electron chi connectivity index (χ4n) is 2.72. The molecule has 5 heteroatoms. The molecule has 0 saturated heterocycles. The third kappa shape index (κ3) is 5.03. The topological polar surface area (TPSA) is 58.6 Å². The minimum Gasteiger partial charge on any atom is -0.496 e. The Balaban J connectivity index is 1.94. The quantitative estimate of drug-likeness (QED) is 0.809. The summed E-state index contributed by atoms with van der Waals surface area (Å²) in [5.74, 6) is 0.197. The van der Waals surface area contributed by atoms with E-state index in [0.717, 1.165) is 11.3 Å². The SMILES string of the molecule is COc1ccccc1C(C)CC(=O)NCC(C)(O)c1ccc(F)cc1. The number of carbonyl (C=O) groups is 1. The van der Waals surface area contributed by atoms with Crippen molar-refractivity contribution >= 4 is 5.91 Å². The van der Waals surface area contributed by atoms with Crippen molar-refractivity contribution in [3.63, 3.8) is 0 Å². The number of rotatable bonds is 7. The molecule has 2 aromatic rings. The second-order valence-electron chi connectivity index (χ2n) is 6.40. The van der Waals surface area contributed by atoms with Gasteiger partial charge in [-0.25, -0.2) is 4.39 Å². The number of hydrogen-bond donors (Lipinski definition) is 2. The number of ether oxygens (including phenoxy) is 1. The van der Waals surface area contributed by atoms with Crippen molar-refractivity contribution in [3.8, 4) is 5.75 Å². The summed E-state index contributed by atoms with van der Waals surface area (Å²) in [6, 6.07) is 13.2. The molecule has 2 N–H and O–H groups in total. The Morgan fingerprint density at radius 2 is 1.88 bits per heavy atom. The molecule has 0 aliphatic carbocycles. The monoisotopic (exact) mass is 345 g/mol. The number of carbonyl (C=O) groups excluding carboxylic acids is 1. The van der Waals surface area contributed by atoms with E-state index in [1.807, 2.05) is 31.2 Å². The van der Waals surface area contributed by atoms with Crippen molar-refractivity contribution in [2.45, 2.75) is 31.8 Å². The van der Waals surface area contributed by atoms with E-state index >= 15 is 0 Å². The lowest BCUT2D eigenvalue weighted by atomic mass is 9.94. The van der Waals surface area contributed by atoms with Gasteiger partial charge in [-0.3, -0.25) is 4.79 Å². The number of methoxy groups -OCH3 is 1. The molecule has 2 aromatic carbocycles. The van der Waals surface area contributed by atoms with E-state index in [-0.39, 0.29) is 30.6 Å². The highest BCUT2D eigenvalue weighted by molar-refractivity contribution is 5.77. The normalized spacial score (nSPS) is 14.4. The largest absolute Gasteiger partial charge is 0.496 e. The molecule has 2 rings (SSSR count). The van der Waals surface area contributed by atoms with Crippen LogP contribution < -0.4 is 10.1 Å². The van der Waals surface area contributed by atoms with E-state index in [1.54, 1.807) is 14.0 Å². The summed E-state index contributed by atoms with van der Waals surface area (Å²) in [6.45, 7) is 3.59. The van der Waals surface area contributed by atoms with Gasteiger partial charge in [-0.2, -0.15) is 0 Å². The van der Waals surface area contributed by atoms with Crippen LogP contribution in [0, 0.1) is 5.82 Å². The van der Waals surface area contributed by atoms with Crippen molar-refractivity contribution in [3.05, 3.63) is 65.5 Å². The summed E-state index contributed by atoms with van der Waals surface area (Å²) in [5.41, 5.74) is 0.245. The lowest BCUT2D eigenvalue weighted by molar-refractivity contribution is -0.122. The van der Waals surface area contributed by atoms with Crippen molar-refractivity contribution < 1.29 is 19.0 Å². The van der Waals surface area contributed by atoms with Crippen molar-refractivity contribution in [1.82, 2.24) is 5.32 Å². The zero-order chi connectivity index (χ0) is 18.4. The zero-order valence-electron chi connectivity index (χ0n) is 14.8. The van der Waals surface area contributed by atoms with Crippen LogP contribution in [-0.4, -0.2) is 24.7 Å². The van der Waals surface area contributed by atoms with Crippen molar-refractivity contribution in [2.75, 3.05) is 13.7 Å². The number of hydrogen-bond acceptors (Lipinski definition) is 3. The number of benzene rings is 2. The van der Waals surface area contributed by atoms with Gasteiger partial charge in [-0.15, -0.1) is 0 Å². The van der Waals surface area contributed by atoms with Gasteiger partial charge in [0.25, 0.3) is 0 Å². The number of amides is 1. The molecule has 0 spiro atoms. The van der Waals surface area contributed by atoms with Crippen LogP contribution in [0.15, 0.2) is 48.5 Å². The minimum absolute atomic E-state index is 0.0214. The molecule has 0 aliphatic rings. The van der Waals surface area contributed by atoms with Gasteiger partial charge in [0.1, 0.15) is 17.2 Å². The highest BCUT2D eigenvalue weighted by Crippen LogP contribution is 2.28. The molecule has 0 aromatic heterocycles. The average Bonchev–Trinajstić information content (AvgIpc) is 2.60. The van der Waals surface area contributed by atoms with E-state index in [9.17, 15) is 14.3 Å². The van der Waals surface area contributed by atoms with Gasteiger partial charge in [0, 0.05) is 6.42 Å². The molecule has 0 aliphatic heterocycles. The second-order valence-corrected chi connectivity index (χ2v) is 6.40. The predicted octanol–water partition coefficient (Wildman–Crippen LogP) is 3.35. The Hall–Kier alpha value is -2.40. The Morgan fingerprint density at radius 3 is 2.52 bits per heavy atom. The second kappa shape index (κ2) is 8.12.